The van der Waals surface area contributed by atoms with E-state index >= 15 is 0 Å². The Bertz CT molecular complexity index is 328. The zero-order valence-corrected chi connectivity index (χ0v) is 6.40. The molecule has 0 aliphatic carbocycles. The topological polar surface area (TPSA) is 45.8 Å². The Morgan fingerprint density at radius 3 is 2.21 bits per heavy atom. The van der Waals surface area contributed by atoms with Crippen LogP contribution in [0.5, 0.6) is 0 Å². The fourth-order valence-corrected chi connectivity index (χ4v) is 0.678. The highest BCUT2D eigenvalue weighted by Gasteiger charge is 2.63. The van der Waals surface area contributed by atoms with Gasteiger partial charge >= 0.3 is 12.1 Å². The standard InChI is InChI=1S/C6H3F5N2O/c7-5(8,6(9,10)11)4(14)3-1-12-2-13-3/h1-2H,(H,12,13). The first-order valence-electron chi connectivity index (χ1n) is 3.24. The highest BCUT2D eigenvalue weighted by atomic mass is 19.4. The van der Waals surface area contributed by atoms with Crippen molar-refractivity contribution < 1.29 is 26.7 Å². The summed E-state index contributed by atoms with van der Waals surface area (Å²) in [4.78, 5) is 15.7. The minimum Gasteiger partial charge on any atom is -0.342 e. The van der Waals surface area contributed by atoms with Gasteiger partial charge in [0.25, 0.3) is 5.78 Å². The van der Waals surface area contributed by atoms with Gasteiger partial charge in [0.1, 0.15) is 5.69 Å². The van der Waals surface area contributed by atoms with Crippen LogP contribution < -0.4 is 0 Å². The molecule has 0 saturated heterocycles. The number of aromatic nitrogens is 2. The summed E-state index contributed by atoms with van der Waals surface area (Å²) >= 11 is 0. The number of hydrogen-bond acceptors (Lipinski definition) is 2. The minimum atomic E-state index is -5.89. The summed E-state index contributed by atoms with van der Waals surface area (Å²) in [6, 6.07) is 0. The molecular weight excluding hydrogens is 211 g/mol. The Hall–Kier alpha value is -1.47. The summed E-state index contributed by atoms with van der Waals surface area (Å²) < 4.78 is 59.7. The van der Waals surface area contributed by atoms with Gasteiger partial charge in [-0.2, -0.15) is 22.0 Å². The molecule has 0 fully saturated rings. The third-order valence-corrected chi connectivity index (χ3v) is 1.38. The fraction of sp³-hybridized carbons (Fsp3) is 0.333. The van der Waals surface area contributed by atoms with Crippen LogP contribution >= 0.6 is 0 Å². The van der Waals surface area contributed by atoms with Crippen LogP contribution in [0.25, 0.3) is 0 Å². The average molecular weight is 214 g/mol. The molecule has 0 atom stereocenters. The van der Waals surface area contributed by atoms with Crippen molar-refractivity contribution in [2.75, 3.05) is 0 Å². The number of hydrogen-bond donors (Lipinski definition) is 1. The van der Waals surface area contributed by atoms with E-state index in [2.05, 4.69) is 4.98 Å². The zero-order chi connectivity index (χ0) is 11.0. The van der Waals surface area contributed by atoms with Gasteiger partial charge in [0.15, 0.2) is 0 Å². The molecule has 78 valence electrons. The lowest BCUT2D eigenvalue weighted by atomic mass is 10.1. The van der Waals surface area contributed by atoms with Crippen LogP contribution in [0.15, 0.2) is 12.5 Å². The van der Waals surface area contributed by atoms with Crippen molar-refractivity contribution in [1.82, 2.24) is 9.97 Å². The third-order valence-electron chi connectivity index (χ3n) is 1.38. The van der Waals surface area contributed by atoms with Crippen molar-refractivity contribution in [2.24, 2.45) is 0 Å². The summed E-state index contributed by atoms with van der Waals surface area (Å²) in [5, 5.41) is 0. The highest BCUT2D eigenvalue weighted by Crippen LogP contribution is 2.37. The van der Waals surface area contributed by atoms with Gasteiger partial charge in [-0.25, -0.2) is 4.98 Å². The molecule has 0 radical (unpaired) electrons. The average Bonchev–Trinajstić information content (AvgIpc) is 2.52. The maximum Gasteiger partial charge on any atom is 0.461 e. The normalized spacial score (nSPS) is 12.9. The van der Waals surface area contributed by atoms with Crippen molar-refractivity contribution in [3.63, 3.8) is 0 Å². The number of carbonyl (C=O) groups excluding carboxylic acids is 1. The maximum absolute atomic E-state index is 12.4. The lowest BCUT2D eigenvalue weighted by molar-refractivity contribution is -0.255. The van der Waals surface area contributed by atoms with Crippen molar-refractivity contribution in [1.29, 1.82) is 0 Å². The molecule has 3 nitrogen and oxygen atoms in total. The van der Waals surface area contributed by atoms with Crippen molar-refractivity contribution >= 4 is 5.78 Å². The molecule has 0 amide bonds. The first kappa shape index (κ1) is 10.6. The minimum absolute atomic E-state index is 0.599. The van der Waals surface area contributed by atoms with Crippen molar-refractivity contribution in [3.05, 3.63) is 18.2 Å². The van der Waals surface area contributed by atoms with Gasteiger partial charge in [-0.3, -0.25) is 4.79 Å². The number of nitrogens with zero attached hydrogens (tertiary/aromatic N) is 1. The van der Waals surface area contributed by atoms with E-state index in [1.807, 2.05) is 4.98 Å². The number of halogens is 5. The summed E-state index contributed by atoms with van der Waals surface area (Å²) in [5.74, 6) is -7.73. The van der Waals surface area contributed by atoms with Crippen LogP contribution in [0.4, 0.5) is 22.0 Å². The number of alkyl halides is 5. The van der Waals surface area contributed by atoms with Crippen LogP contribution in [0.2, 0.25) is 0 Å². The van der Waals surface area contributed by atoms with Gasteiger partial charge in [-0.15, -0.1) is 0 Å². The van der Waals surface area contributed by atoms with Crippen molar-refractivity contribution in [3.8, 4) is 0 Å². The number of H-pyrrole nitrogens is 1. The molecule has 0 saturated carbocycles. The number of ketones is 1. The second-order valence-electron chi connectivity index (χ2n) is 2.37. The summed E-state index contributed by atoms with van der Waals surface area (Å²) in [6.07, 6.45) is -4.46. The monoisotopic (exact) mass is 214 g/mol. The smallest absolute Gasteiger partial charge is 0.342 e. The first-order chi connectivity index (χ1) is 6.27. The molecule has 0 aliphatic heterocycles. The summed E-state index contributed by atoms with van der Waals surface area (Å²) in [5.41, 5.74) is -0.882. The van der Waals surface area contributed by atoms with Gasteiger partial charge in [0.05, 0.1) is 12.5 Å². The molecule has 8 heteroatoms. The lowest BCUT2D eigenvalue weighted by Gasteiger charge is -2.16. The van der Waals surface area contributed by atoms with E-state index in [4.69, 9.17) is 0 Å². The van der Waals surface area contributed by atoms with Gasteiger partial charge < -0.3 is 4.98 Å². The Morgan fingerprint density at radius 1 is 1.29 bits per heavy atom. The van der Waals surface area contributed by atoms with E-state index < -0.39 is 23.6 Å². The number of aromatic amines is 1. The Labute approximate surface area is 73.9 Å². The van der Waals surface area contributed by atoms with Gasteiger partial charge in [0.2, 0.25) is 0 Å². The predicted octanol–water partition coefficient (Wildman–Crippen LogP) is 1.79. The number of carbonyl (C=O) groups is 1. The highest BCUT2D eigenvalue weighted by molar-refractivity contribution is 6.00. The van der Waals surface area contributed by atoms with E-state index in [1.54, 1.807) is 0 Å². The second-order valence-corrected chi connectivity index (χ2v) is 2.37. The predicted molar refractivity (Wildman–Crippen MR) is 33.9 cm³/mol. The van der Waals surface area contributed by atoms with E-state index in [0.717, 1.165) is 6.33 Å². The summed E-state index contributed by atoms with van der Waals surface area (Å²) in [6.45, 7) is 0. The van der Waals surface area contributed by atoms with Crippen LogP contribution in [-0.2, 0) is 0 Å². The molecule has 1 rings (SSSR count). The Balaban J connectivity index is 3.01. The van der Waals surface area contributed by atoms with Gasteiger partial charge in [-0.05, 0) is 0 Å². The molecule has 0 bridgehead atoms. The molecule has 0 aliphatic rings. The Morgan fingerprint density at radius 2 is 1.86 bits per heavy atom. The molecule has 0 spiro atoms. The number of Topliss-reactive ketones (excluding diaryl/α,β-unsaturated/α-hetero) is 1. The molecule has 1 aromatic rings. The first-order valence-corrected chi connectivity index (χ1v) is 3.24. The second kappa shape index (κ2) is 3.03. The number of rotatable bonds is 2. The van der Waals surface area contributed by atoms with E-state index in [1.165, 1.54) is 0 Å². The SMILES string of the molecule is O=C(c1cnc[nH]1)C(F)(F)C(F)(F)F. The molecule has 1 heterocycles. The molecule has 0 aromatic carbocycles. The molecule has 0 unspecified atom stereocenters. The van der Waals surface area contributed by atoms with E-state index in [0.29, 0.717) is 6.20 Å². The van der Waals surface area contributed by atoms with Crippen LogP contribution in [-0.4, -0.2) is 27.9 Å². The molecule has 1 aromatic heterocycles. The van der Waals surface area contributed by atoms with Crippen LogP contribution in [0, 0.1) is 0 Å². The van der Waals surface area contributed by atoms with E-state index in [9.17, 15) is 26.7 Å². The van der Waals surface area contributed by atoms with Crippen molar-refractivity contribution in [2.45, 2.75) is 12.1 Å². The third kappa shape index (κ3) is 1.59. The molecule has 1 N–H and O–H groups in total. The zero-order valence-electron chi connectivity index (χ0n) is 6.40. The molecular formula is C6H3F5N2O. The van der Waals surface area contributed by atoms with Crippen LogP contribution in [0.3, 0.4) is 0 Å². The lowest BCUT2D eigenvalue weighted by Crippen LogP contribution is -2.44. The Kier molecular flexibility index (Phi) is 2.30. The number of nitrogens with one attached hydrogen (secondary N) is 1. The van der Waals surface area contributed by atoms with E-state index in [-0.39, 0.29) is 0 Å². The molecule has 14 heavy (non-hydrogen) atoms. The quantitative estimate of drug-likeness (QED) is 0.602. The number of imidazole rings is 1. The maximum atomic E-state index is 12.4. The van der Waals surface area contributed by atoms with Gasteiger partial charge in [-0.1, -0.05) is 0 Å². The summed E-state index contributed by atoms with van der Waals surface area (Å²) in [7, 11) is 0. The fourth-order valence-electron chi connectivity index (χ4n) is 0.678. The van der Waals surface area contributed by atoms with Crippen LogP contribution in [0.1, 0.15) is 10.5 Å². The van der Waals surface area contributed by atoms with Gasteiger partial charge in [0, 0.05) is 0 Å². The largest absolute Gasteiger partial charge is 0.461 e.